The zero-order chi connectivity index (χ0) is 26.1. The van der Waals surface area contributed by atoms with Crippen LogP contribution in [-0.4, -0.2) is 42.6 Å². The summed E-state index contributed by atoms with van der Waals surface area (Å²) < 4.78 is 69.0. The first-order valence-corrected chi connectivity index (χ1v) is 11.8. The molecule has 7 nitrogen and oxygen atoms in total. The van der Waals surface area contributed by atoms with E-state index in [9.17, 15) is 36.3 Å². The number of hydrogen-bond donors (Lipinski definition) is 2. The molecule has 1 atom stereocenters. The Morgan fingerprint density at radius 1 is 1.09 bits per heavy atom. The van der Waals surface area contributed by atoms with E-state index in [4.69, 9.17) is 27.9 Å². The number of ether oxygens (including phenoxy) is 1. The van der Waals surface area contributed by atoms with Gasteiger partial charge in [0.15, 0.2) is 0 Å². The summed E-state index contributed by atoms with van der Waals surface area (Å²) in [5.74, 6) is -2.73. The number of carbonyl (C=O) groups is 2. The Bertz CT molecular complexity index is 1190. The van der Waals surface area contributed by atoms with Crippen LogP contribution in [0.5, 0.6) is 5.75 Å². The van der Waals surface area contributed by atoms with E-state index < -0.39 is 61.5 Å². The normalized spacial score (nSPS) is 13.3. The fourth-order valence-electron chi connectivity index (χ4n) is 2.82. The average molecular weight is 542 g/mol. The van der Waals surface area contributed by atoms with Gasteiger partial charge in [0, 0.05) is 6.42 Å². The number of esters is 1. The molecule has 0 saturated carbocycles. The van der Waals surface area contributed by atoms with Crippen LogP contribution in [0.15, 0.2) is 41.3 Å². The van der Waals surface area contributed by atoms with E-state index >= 15 is 0 Å². The van der Waals surface area contributed by atoms with Crippen LogP contribution in [0.25, 0.3) is 0 Å². The molecule has 2 aromatic rings. The molecule has 13 heteroatoms. The minimum Gasteiger partial charge on any atom is -0.508 e. The van der Waals surface area contributed by atoms with Gasteiger partial charge in [-0.3, -0.25) is 4.79 Å². The first-order chi connectivity index (χ1) is 15.4. The number of aromatic hydroxyl groups is 1. The summed E-state index contributed by atoms with van der Waals surface area (Å²) in [7, 11) is -5.90. The van der Waals surface area contributed by atoms with Crippen LogP contribution in [0.1, 0.15) is 36.7 Å². The molecular weight excluding hydrogens is 522 g/mol. The van der Waals surface area contributed by atoms with E-state index in [2.05, 4.69) is 5.32 Å². The van der Waals surface area contributed by atoms with Crippen LogP contribution in [-0.2, 0) is 25.8 Å². The van der Waals surface area contributed by atoms with Crippen molar-refractivity contribution >= 4 is 44.9 Å². The summed E-state index contributed by atoms with van der Waals surface area (Å²) in [4.78, 5) is 24.4. The van der Waals surface area contributed by atoms with Gasteiger partial charge in [-0.25, -0.2) is 13.2 Å². The molecule has 0 aliphatic carbocycles. The molecule has 0 fully saturated rings. The number of benzene rings is 2. The summed E-state index contributed by atoms with van der Waals surface area (Å²) in [6, 6.07) is 4.82. The van der Waals surface area contributed by atoms with Crippen molar-refractivity contribution in [2.75, 3.05) is 0 Å². The Morgan fingerprint density at radius 2 is 1.65 bits per heavy atom. The lowest BCUT2D eigenvalue weighted by molar-refractivity contribution is -0.157. The van der Waals surface area contributed by atoms with E-state index in [-0.39, 0.29) is 15.6 Å². The third kappa shape index (κ3) is 6.55. The van der Waals surface area contributed by atoms with Gasteiger partial charge in [-0.2, -0.15) is 13.2 Å². The van der Waals surface area contributed by atoms with Gasteiger partial charge in [-0.15, -0.1) is 0 Å². The second-order valence-corrected chi connectivity index (χ2v) is 10.8. The molecule has 0 aliphatic rings. The van der Waals surface area contributed by atoms with Crippen LogP contribution < -0.4 is 5.32 Å². The maximum Gasteiger partial charge on any atom is 0.501 e. The van der Waals surface area contributed by atoms with Crippen molar-refractivity contribution < 1.29 is 41.0 Å². The summed E-state index contributed by atoms with van der Waals surface area (Å²) in [6.07, 6.45) is -0.715. The molecule has 0 spiro atoms. The van der Waals surface area contributed by atoms with Gasteiger partial charge in [0.2, 0.25) is 0 Å². The molecule has 2 N–H and O–H groups in total. The molecule has 34 heavy (non-hydrogen) atoms. The van der Waals surface area contributed by atoms with Crippen molar-refractivity contribution in [2.45, 2.75) is 49.2 Å². The third-order valence-corrected chi connectivity index (χ3v) is 6.45. The van der Waals surface area contributed by atoms with Crippen LogP contribution in [0.3, 0.4) is 0 Å². The Hall–Kier alpha value is -2.50. The maximum absolute atomic E-state index is 13.2. The first-order valence-electron chi connectivity index (χ1n) is 9.55. The molecule has 0 bridgehead atoms. The van der Waals surface area contributed by atoms with Gasteiger partial charge in [0.1, 0.15) is 17.4 Å². The smallest absolute Gasteiger partial charge is 0.501 e. The van der Waals surface area contributed by atoms with E-state index in [0.29, 0.717) is 6.07 Å². The SMILES string of the molecule is CC(C)(C)OC(=O)[C@H](Cc1ccc(O)cc1S(=O)(=O)C(F)(F)F)NC(=O)c1c(Cl)cccc1Cl. The summed E-state index contributed by atoms with van der Waals surface area (Å²) in [5, 5.41) is 11.8. The van der Waals surface area contributed by atoms with Gasteiger partial charge < -0.3 is 15.2 Å². The highest BCUT2D eigenvalue weighted by atomic mass is 35.5. The molecule has 186 valence electrons. The van der Waals surface area contributed by atoms with Crippen molar-refractivity contribution in [2.24, 2.45) is 0 Å². The number of hydrogen-bond acceptors (Lipinski definition) is 6. The quantitative estimate of drug-likeness (QED) is 0.514. The number of amides is 1. The molecule has 2 rings (SSSR count). The lowest BCUT2D eigenvalue weighted by Crippen LogP contribution is -2.46. The Balaban J connectivity index is 2.54. The first kappa shape index (κ1) is 27.7. The van der Waals surface area contributed by atoms with Crippen molar-refractivity contribution in [1.29, 1.82) is 0 Å². The summed E-state index contributed by atoms with van der Waals surface area (Å²) >= 11 is 12.0. The second kappa shape index (κ2) is 10.0. The molecule has 0 heterocycles. The fraction of sp³-hybridized carbons (Fsp3) is 0.333. The fourth-order valence-corrected chi connectivity index (χ4v) is 4.41. The van der Waals surface area contributed by atoms with Crippen LogP contribution in [0.2, 0.25) is 10.0 Å². The van der Waals surface area contributed by atoms with Crippen molar-refractivity contribution in [1.82, 2.24) is 5.32 Å². The summed E-state index contributed by atoms with van der Waals surface area (Å²) in [6.45, 7) is 4.57. The molecule has 1 amide bonds. The molecule has 0 saturated heterocycles. The number of sulfone groups is 1. The number of halogens is 5. The van der Waals surface area contributed by atoms with Crippen molar-refractivity contribution in [3.63, 3.8) is 0 Å². The molecule has 2 aromatic carbocycles. The van der Waals surface area contributed by atoms with Gasteiger partial charge >= 0.3 is 11.5 Å². The number of carbonyl (C=O) groups excluding carboxylic acids is 2. The van der Waals surface area contributed by atoms with Gasteiger partial charge in [0.05, 0.1) is 20.5 Å². The zero-order valence-electron chi connectivity index (χ0n) is 18.0. The Kier molecular flexibility index (Phi) is 8.17. The van der Waals surface area contributed by atoms with Crippen LogP contribution in [0.4, 0.5) is 13.2 Å². The lowest BCUT2D eigenvalue weighted by Gasteiger charge is -2.25. The number of phenols is 1. The second-order valence-electron chi connectivity index (χ2n) is 8.10. The molecule has 0 unspecified atom stereocenters. The highest BCUT2D eigenvalue weighted by molar-refractivity contribution is 7.92. The minimum absolute atomic E-state index is 0.0575. The predicted octanol–water partition coefficient (Wildman–Crippen LogP) is 4.68. The van der Waals surface area contributed by atoms with E-state index in [0.717, 1.165) is 12.1 Å². The maximum atomic E-state index is 13.2. The van der Waals surface area contributed by atoms with Crippen LogP contribution in [0, 0.1) is 0 Å². The largest absolute Gasteiger partial charge is 0.508 e. The molecule has 0 radical (unpaired) electrons. The molecule has 0 aliphatic heterocycles. The highest BCUT2D eigenvalue weighted by Gasteiger charge is 2.48. The topological polar surface area (TPSA) is 110 Å². The summed E-state index contributed by atoms with van der Waals surface area (Å²) in [5.41, 5.74) is -7.41. The highest BCUT2D eigenvalue weighted by Crippen LogP contribution is 2.34. The molecule has 0 aromatic heterocycles. The third-order valence-electron chi connectivity index (χ3n) is 4.26. The van der Waals surface area contributed by atoms with Crippen LogP contribution >= 0.6 is 23.2 Å². The number of rotatable bonds is 6. The number of alkyl halides is 3. The standard InChI is InChI=1S/C21H20Cl2F3NO6S/c1-20(2,3)33-19(30)15(27-18(29)17-13(22)5-4-6-14(17)23)9-11-7-8-12(28)10-16(11)34(31,32)21(24,25)26/h4-8,10,15,28H,9H2,1-3H3,(H,27,29)/t15-/m0/s1. The van der Waals surface area contributed by atoms with E-state index in [1.807, 2.05) is 0 Å². The van der Waals surface area contributed by atoms with Crippen molar-refractivity contribution in [3.05, 3.63) is 57.6 Å². The van der Waals surface area contributed by atoms with Gasteiger partial charge in [-0.1, -0.05) is 35.3 Å². The zero-order valence-corrected chi connectivity index (χ0v) is 20.4. The van der Waals surface area contributed by atoms with E-state index in [1.54, 1.807) is 0 Å². The molecular formula is C21H20Cl2F3NO6S. The average Bonchev–Trinajstić information content (AvgIpc) is 2.66. The number of nitrogens with one attached hydrogen (secondary N) is 1. The lowest BCUT2D eigenvalue weighted by atomic mass is 10.0. The Morgan fingerprint density at radius 3 is 2.15 bits per heavy atom. The van der Waals surface area contributed by atoms with Gasteiger partial charge in [-0.05, 0) is 50.6 Å². The van der Waals surface area contributed by atoms with Gasteiger partial charge in [0.25, 0.3) is 15.7 Å². The van der Waals surface area contributed by atoms with Crippen molar-refractivity contribution in [3.8, 4) is 5.75 Å². The predicted molar refractivity (Wildman–Crippen MR) is 119 cm³/mol. The number of phenolic OH excluding ortho intramolecular Hbond substituents is 1. The monoisotopic (exact) mass is 541 g/mol. The van der Waals surface area contributed by atoms with E-state index in [1.165, 1.54) is 39.0 Å². The Labute approximate surface area is 203 Å². The minimum atomic E-state index is -5.90.